The van der Waals surface area contributed by atoms with Crippen molar-refractivity contribution in [3.8, 4) is 0 Å². The number of urea groups is 1. The molecule has 0 fully saturated rings. The maximum Gasteiger partial charge on any atom is 0.319 e. The van der Waals surface area contributed by atoms with Crippen LogP contribution in [0.4, 0.5) is 10.5 Å². The molecule has 0 atom stereocenters. The van der Waals surface area contributed by atoms with Gasteiger partial charge in [-0.15, -0.1) is 0 Å². The van der Waals surface area contributed by atoms with Crippen LogP contribution >= 0.6 is 0 Å². The van der Waals surface area contributed by atoms with E-state index in [0.29, 0.717) is 17.9 Å². The molecule has 0 spiro atoms. The molecule has 0 aliphatic rings. The fourth-order valence-electron chi connectivity index (χ4n) is 1.81. The third kappa shape index (κ3) is 3.11. The molecule has 2 aromatic rings. The predicted molar refractivity (Wildman–Crippen MR) is 73.2 cm³/mol. The van der Waals surface area contributed by atoms with Crippen LogP contribution < -0.4 is 10.6 Å². The zero-order valence-corrected chi connectivity index (χ0v) is 11.7. The van der Waals surface area contributed by atoms with Crippen LogP contribution in [0.15, 0.2) is 16.8 Å². The predicted octanol–water partition coefficient (Wildman–Crippen LogP) is 1.97. The van der Waals surface area contributed by atoms with E-state index >= 15 is 0 Å². The van der Waals surface area contributed by atoms with Gasteiger partial charge in [0, 0.05) is 18.5 Å². The van der Waals surface area contributed by atoms with Crippen LogP contribution in [0.5, 0.6) is 0 Å². The molecule has 2 aromatic heterocycles. The molecule has 0 unspecified atom stereocenters. The number of aromatic nitrogens is 3. The second-order valence-electron chi connectivity index (χ2n) is 4.36. The summed E-state index contributed by atoms with van der Waals surface area (Å²) in [7, 11) is 0. The zero-order valence-electron chi connectivity index (χ0n) is 11.7. The number of rotatable bonds is 4. The first-order valence-electron chi connectivity index (χ1n) is 6.39. The van der Waals surface area contributed by atoms with E-state index in [9.17, 15) is 4.79 Å². The Labute approximate surface area is 116 Å². The van der Waals surface area contributed by atoms with Gasteiger partial charge in [-0.05, 0) is 19.9 Å². The van der Waals surface area contributed by atoms with Crippen molar-refractivity contribution in [1.82, 2.24) is 20.7 Å². The number of anilines is 1. The van der Waals surface area contributed by atoms with Crippen molar-refractivity contribution in [1.29, 1.82) is 0 Å². The third-order valence-electron chi connectivity index (χ3n) is 2.97. The van der Waals surface area contributed by atoms with E-state index in [1.54, 1.807) is 13.0 Å². The van der Waals surface area contributed by atoms with Crippen molar-refractivity contribution in [2.75, 3.05) is 5.32 Å². The van der Waals surface area contributed by atoms with E-state index in [-0.39, 0.29) is 6.03 Å². The molecule has 0 aliphatic heterocycles. The number of amides is 2. The Balaban J connectivity index is 1.96. The first-order chi connectivity index (χ1) is 9.61. The number of hydrogen-bond acceptors (Lipinski definition) is 5. The average molecular weight is 275 g/mol. The third-order valence-corrected chi connectivity index (χ3v) is 2.97. The van der Waals surface area contributed by atoms with E-state index in [1.165, 1.54) is 6.20 Å². The van der Waals surface area contributed by atoms with E-state index in [1.807, 2.05) is 13.8 Å². The highest BCUT2D eigenvalue weighted by atomic mass is 16.5. The normalized spacial score (nSPS) is 10.3. The van der Waals surface area contributed by atoms with Crippen LogP contribution in [0.3, 0.4) is 0 Å². The lowest BCUT2D eigenvalue weighted by Gasteiger charge is -2.08. The minimum atomic E-state index is -0.302. The van der Waals surface area contributed by atoms with Crippen LogP contribution in [0.25, 0.3) is 0 Å². The molecule has 0 saturated heterocycles. The Kier molecular flexibility index (Phi) is 4.29. The summed E-state index contributed by atoms with van der Waals surface area (Å²) in [4.78, 5) is 11.8. The highest BCUT2D eigenvalue weighted by molar-refractivity contribution is 5.89. The van der Waals surface area contributed by atoms with Gasteiger partial charge in [0.25, 0.3) is 0 Å². The maximum absolute atomic E-state index is 11.8. The minimum absolute atomic E-state index is 0.302. The Morgan fingerprint density at radius 1 is 1.35 bits per heavy atom. The van der Waals surface area contributed by atoms with Gasteiger partial charge in [-0.25, -0.2) is 4.79 Å². The maximum atomic E-state index is 11.8. The molecular weight excluding hydrogens is 258 g/mol. The summed E-state index contributed by atoms with van der Waals surface area (Å²) in [5.41, 5.74) is 3.02. The fourth-order valence-corrected chi connectivity index (χ4v) is 1.81. The Hall–Kier alpha value is -2.44. The van der Waals surface area contributed by atoms with Crippen molar-refractivity contribution >= 4 is 11.7 Å². The number of carbonyl (C=O) groups excluding carboxylic acids is 1. The second kappa shape index (κ2) is 6.14. The molecule has 7 nitrogen and oxygen atoms in total. The zero-order chi connectivity index (χ0) is 14.5. The molecule has 0 radical (unpaired) electrons. The minimum Gasteiger partial charge on any atom is -0.361 e. The van der Waals surface area contributed by atoms with Crippen LogP contribution in [-0.2, 0) is 13.0 Å². The van der Waals surface area contributed by atoms with Gasteiger partial charge in [-0.3, -0.25) is 0 Å². The highest BCUT2D eigenvalue weighted by Crippen LogP contribution is 2.14. The van der Waals surface area contributed by atoms with Crippen LogP contribution in [-0.4, -0.2) is 21.4 Å². The topological polar surface area (TPSA) is 92.9 Å². The quantitative estimate of drug-likeness (QED) is 0.889. The van der Waals surface area contributed by atoms with Gasteiger partial charge in [0.05, 0.1) is 23.3 Å². The fraction of sp³-hybridized carbons (Fsp3) is 0.385. The molecule has 106 valence electrons. The van der Waals surface area contributed by atoms with Gasteiger partial charge in [-0.2, -0.15) is 10.2 Å². The summed E-state index contributed by atoms with van der Waals surface area (Å²) in [6.45, 7) is 5.99. The van der Waals surface area contributed by atoms with Crippen LogP contribution in [0.2, 0.25) is 0 Å². The molecule has 0 aliphatic carbocycles. The van der Waals surface area contributed by atoms with Gasteiger partial charge in [0.15, 0.2) is 0 Å². The first-order valence-corrected chi connectivity index (χ1v) is 6.39. The number of carbonyl (C=O) groups is 1. The second-order valence-corrected chi connectivity index (χ2v) is 4.36. The molecule has 20 heavy (non-hydrogen) atoms. The lowest BCUT2D eigenvalue weighted by atomic mass is 10.1. The molecule has 2 heterocycles. The SMILES string of the molecule is CCc1onc(C)c1CNC(=O)Nc1ccnnc1C. The van der Waals surface area contributed by atoms with E-state index in [2.05, 4.69) is 26.0 Å². The van der Waals surface area contributed by atoms with Crippen molar-refractivity contribution < 1.29 is 9.32 Å². The largest absolute Gasteiger partial charge is 0.361 e. The van der Waals surface area contributed by atoms with Crippen LogP contribution in [0.1, 0.15) is 29.6 Å². The molecule has 7 heteroatoms. The van der Waals surface area contributed by atoms with Crippen molar-refractivity contribution in [2.45, 2.75) is 33.7 Å². The number of hydrogen-bond donors (Lipinski definition) is 2. The Bertz CT molecular complexity index is 609. The molecule has 2 N–H and O–H groups in total. The molecule has 2 amide bonds. The number of nitrogens with one attached hydrogen (secondary N) is 2. The Morgan fingerprint density at radius 2 is 2.15 bits per heavy atom. The summed E-state index contributed by atoms with van der Waals surface area (Å²) in [5, 5.41) is 17.0. The standard InChI is InChI=1S/C13H17N5O2/c1-4-12-10(8(2)18-20-12)7-14-13(19)16-11-5-6-15-17-9(11)3/h5-6H,4,7H2,1-3H3,(H2,14,15,16,19). The van der Waals surface area contributed by atoms with E-state index in [4.69, 9.17) is 4.52 Å². The summed E-state index contributed by atoms with van der Waals surface area (Å²) >= 11 is 0. The summed E-state index contributed by atoms with van der Waals surface area (Å²) in [6, 6.07) is 1.40. The summed E-state index contributed by atoms with van der Waals surface area (Å²) in [5.74, 6) is 0.796. The lowest BCUT2D eigenvalue weighted by molar-refractivity contribution is 0.251. The van der Waals surface area contributed by atoms with Gasteiger partial charge in [0.2, 0.25) is 0 Å². The van der Waals surface area contributed by atoms with E-state index in [0.717, 1.165) is 23.4 Å². The monoisotopic (exact) mass is 275 g/mol. The van der Waals surface area contributed by atoms with Crippen molar-refractivity contribution in [3.63, 3.8) is 0 Å². The van der Waals surface area contributed by atoms with Gasteiger partial charge < -0.3 is 15.2 Å². The first kappa shape index (κ1) is 14.0. The van der Waals surface area contributed by atoms with E-state index < -0.39 is 0 Å². The molecular formula is C13H17N5O2. The highest BCUT2D eigenvalue weighted by Gasteiger charge is 2.12. The van der Waals surface area contributed by atoms with Crippen LogP contribution in [0, 0.1) is 13.8 Å². The van der Waals surface area contributed by atoms with Crippen molar-refractivity contribution in [3.05, 3.63) is 35.0 Å². The average Bonchev–Trinajstić information content (AvgIpc) is 2.79. The van der Waals surface area contributed by atoms with Gasteiger partial charge in [0.1, 0.15) is 5.76 Å². The molecule has 0 saturated carbocycles. The smallest absolute Gasteiger partial charge is 0.319 e. The summed E-state index contributed by atoms with van der Waals surface area (Å²) < 4.78 is 5.17. The molecule has 0 bridgehead atoms. The van der Waals surface area contributed by atoms with Gasteiger partial charge in [-0.1, -0.05) is 12.1 Å². The lowest BCUT2D eigenvalue weighted by Crippen LogP contribution is -2.29. The number of aryl methyl sites for hydroxylation is 3. The summed E-state index contributed by atoms with van der Waals surface area (Å²) in [6.07, 6.45) is 2.27. The van der Waals surface area contributed by atoms with Crippen molar-refractivity contribution in [2.24, 2.45) is 0 Å². The molecule has 2 rings (SSSR count). The Morgan fingerprint density at radius 3 is 2.85 bits per heavy atom. The molecule has 0 aromatic carbocycles. The van der Waals surface area contributed by atoms with Gasteiger partial charge >= 0.3 is 6.03 Å². The number of nitrogens with zero attached hydrogens (tertiary/aromatic N) is 3.